The van der Waals surface area contributed by atoms with E-state index in [1.54, 1.807) is 24.1 Å². The highest BCUT2D eigenvalue weighted by Crippen LogP contribution is 2.03. The molecule has 0 fully saturated rings. The van der Waals surface area contributed by atoms with Gasteiger partial charge in [0.1, 0.15) is 0 Å². The minimum atomic E-state index is -0.145. The lowest BCUT2D eigenvalue weighted by Gasteiger charge is -2.16. The van der Waals surface area contributed by atoms with Crippen LogP contribution in [0.25, 0.3) is 0 Å². The molecule has 0 aliphatic heterocycles. The molecule has 0 aliphatic rings. The Hall–Kier alpha value is -1.07. The van der Waals surface area contributed by atoms with Gasteiger partial charge in [0.05, 0.1) is 12.6 Å². The molecular formula is C11H18ClN3O2. The lowest BCUT2D eigenvalue weighted by molar-refractivity contribution is 0.191. The molecule has 1 aromatic heterocycles. The van der Waals surface area contributed by atoms with Crippen molar-refractivity contribution in [3.05, 3.63) is 22.7 Å². The van der Waals surface area contributed by atoms with Gasteiger partial charge in [-0.3, -0.25) is 4.79 Å². The van der Waals surface area contributed by atoms with Gasteiger partial charge in [0, 0.05) is 31.4 Å². The third kappa shape index (κ3) is 3.71. The second kappa shape index (κ2) is 6.61. The van der Waals surface area contributed by atoms with Crippen molar-refractivity contribution in [1.29, 1.82) is 0 Å². The van der Waals surface area contributed by atoms with E-state index in [1.165, 1.54) is 0 Å². The van der Waals surface area contributed by atoms with E-state index in [0.29, 0.717) is 18.3 Å². The number of hydrogen-bond donors (Lipinski definition) is 1. The molecule has 1 N–H and O–H groups in total. The first-order valence-electron chi connectivity index (χ1n) is 5.48. The van der Waals surface area contributed by atoms with Crippen LogP contribution in [0, 0.1) is 0 Å². The van der Waals surface area contributed by atoms with Crippen molar-refractivity contribution in [2.45, 2.75) is 25.9 Å². The van der Waals surface area contributed by atoms with Crippen LogP contribution >= 0.6 is 11.6 Å². The number of hydrogen-bond acceptors (Lipinski definition) is 4. The number of ether oxygens (including phenoxy) is 1. The fraction of sp³-hybridized carbons (Fsp3) is 0.636. The van der Waals surface area contributed by atoms with Crippen LogP contribution in [-0.2, 0) is 4.74 Å². The summed E-state index contributed by atoms with van der Waals surface area (Å²) >= 11 is 5.77. The number of aromatic nitrogens is 2. The largest absolute Gasteiger partial charge is 0.383 e. The van der Waals surface area contributed by atoms with Gasteiger partial charge in [-0.25, -0.2) is 4.98 Å². The van der Waals surface area contributed by atoms with Gasteiger partial charge >= 0.3 is 0 Å². The zero-order valence-corrected chi connectivity index (χ0v) is 11.1. The molecular weight excluding hydrogens is 242 g/mol. The topological polar surface area (TPSA) is 56.1 Å². The highest BCUT2D eigenvalue weighted by atomic mass is 35.5. The van der Waals surface area contributed by atoms with Crippen LogP contribution in [0.1, 0.15) is 19.9 Å². The Morgan fingerprint density at radius 2 is 2.29 bits per heavy atom. The van der Waals surface area contributed by atoms with Crippen LogP contribution in [0.15, 0.2) is 17.2 Å². The summed E-state index contributed by atoms with van der Waals surface area (Å²) in [6, 6.07) is -0.0206. The zero-order valence-electron chi connectivity index (χ0n) is 10.3. The summed E-state index contributed by atoms with van der Waals surface area (Å²) in [7, 11) is 1.59. The summed E-state index contributed by atoms with van der Waals surface area (Å²) in [4.78, 5) is 16.1. The molecule has 0 aliphatic carbocycles. The quantitative estimate of drug-likeness (QED) is 0.787. The Balaban J connectivity index is 2.91. The van der Waals surface area contributed by atoms with Crippen molar-refractivity contribution in [3.8, 4) is 0 Å². The van der Waals surface area contributed by atoms with Gasteiger partial charge in [-0.15, -0.1) is 11.6 Å². The molecule has 0 aromatic carbocycles. The molecule has 0 amide bonds. The summed E-state index contributed by atoms with van der Waals surface area (Å²) in [5.74, 6) is 0.662. The number of methoxy groups -OCH3 is 1. The monoisotopic (exact) mass is 259 g/mol. The summed E-state index contributed by atoms with van der Waals surface area (Å²) in [5.41, 5.74) is -0.145. The van der Waals surface area contributed by atoms with Gasteiger partial charge in [-0.1, -0.05) is 0 Å². The number of nitrogens with zero attached hydrogens (tertiary/aromatic N) is 2. The Morgan fingerprint density at radius 3 is 2.82 bits per heavy atom. The molecule has 1 aromatic rings. The van der Waals surface area contributed by atoms with Crippen molar-refractivity contribution in [1.82, 2.24) is 9.55 Å². The first-order chi connectivity index (χ1) is 8.10. The van der Waals surface area contributed by atoms with Gasteiger partial charge in [-0.2, -0.15) is 0 Å². The maximum absolute atomic E-state index is 12.0. The fourth-order valence-corrected chi connectivity index (χ4v) is 1.62. The Labute approximate surface area is 106 Å². The summed E-state index contributed by atoms with van der Waals surface area (Å²) in [6.07, 6.45) is 3.27. The first kappa shape index (κ1) is 14.0. The van der Waals surface area contributed by atoms with Crippen LogP contribution in [0.3, 0.4) is 0 Å². The molecule has 5 nitrogen and oxygen atoms in total. The molecule has 17 heavy (non-hydrogen) atoms. The van der Waals surface area contributed by atoms with Crippen LogP contribution < -0.4 is 10.9 Å². The van der Waals surface area contributed by atoms with Gasteiger partial charge < -0.3 is 14.6 Å². The van der Waals surface area contributed by atoms with E-state index >= 15 is 0 Å². The number of rotatable bonds is 6. The highest BCUT2D eigenvalue weighted by molar-refractivity contribution is 6.18. The molecule has 0 saturated heterocycles. The summed E-state index contributed by atoms with van der Waals surface area (Å²) in [6.45, 7) is 4.32. The Kier molecular flexibility index (Phi) is 5.44. The molecule has 1 heterocycles. The second-order valence-corrected chi connectivity index (χ2v) is 4.34. The zero-order chi connectivity index (χ0) is 12.8. The standard InChI is InChI=1S/C11H18ClN3O2/c1-8(2)15-5-4-13-10(11(15)16)14-9(6-12)7-17-3/h4-5,8-9H,6-7H2,1-3H3,(H,13,14). The van der Waals surface area contributed by atoms with Gasteiger partial charge in [-0.05, 0) is 13.8 Å². The van der Waals surface area contributed by atoms with Gasteiger partial charge in [0.2, 0.25) is 0 Å². The second-order valence-electron chi connectivity index (χ2n) is 4.03. The van der Waals surface area contributed by atoms with Crippen LogP contribution in [0.4, 0.5) is 5.82 Å². The Morgan fingerprint density at radius 1 is 1.59 bits per heavy atom. The van der Waals surface area contributed by atoms with E-state index < -0.39 is 0 Å². The molecule has 1 rings (SSSR count). The predicted octanol–water partition coefficient (Wildman–Crippen LogP) is 1.49. The lowest BCUT2D eigenvalue weighted by atomic mass is 10.3. The number of alkyl halides is 1. The van der Waals surface area contributed by atoms with E-state index in [2.05, 4.69) is 10.3 Å². The van der Waals surface area contributed by atoms with E-state index in [4.69, 9.17) is 16.3 Å². The molecule has 0 bridgehead atoms. The third-order valence-electron chi connectivity index (χ3n) is 2.32. The van der Waals surface area contributed by atoms with Crippen molar-refractivity contribution in [2.75, 3.05) is 24.9 Å². The molecule has 0 radical (unpaired) electrons. The van der Waals surface area contributed by atoms with E-state index in [1.807, 2.05) is 13.8 Å². The highest BCUT2D eigenvalue weighted by Gasteiger charge is 2.12. The maximum Gasteiger partial charge on any atom is 0.293 e. The molecule has 0 spiro atoms. The minimum absolute atomic E-state index is 0.0999. The molecule has 1 atom stereocenters. The molecule has 1 unspecified atom stereocenters. The smallest absolute Gasteiger partial charge is 0.293 e. The average Bonchev–Trinajstić information content (AvgIpc) is 2.30. The van der Waals surface area contributed by atoms with E-state index in [-0.39, 0.29) is 17.6 Å². The predicted molar refractivity (Wildman–Crippen MR) is 68.9 cm³/mol. The fourth-order valence-electron chi connectivity index (χ4n) is 1.45. The average molecular weight is 260 g/mol. The van der Waals surface area contributed by atoms with Crippen molar-refractivity contribution >= 4 is 17.4 Å². The molecule has 6 heteroatoms. The molecule has 0 saturated carbocycles. The van der Waals surface area contributed by atoms with Crippen molar-refractivity contribution in [3.63, 3.8) is 0 Å². The SMILES string of the molecule is COCC(CCl)Nc1nccn(C(C)C)c1=O. The number of halogens is 1. The van der Waals surface area contributed by atoms with Crippen LogP contribution in [0.2, 0.25) is 0 Å². The van der Waals surface area contributed by atoms with Crippen molar-refractivity contribution in [2.24, 2.45) is 0 Å². The van der Waals surface area contributed by atoms with Crippen LogP contribution in [-0.4, -0.2) is 35.2 Å². The van der Waals surface area contributed by atoms with Crippen LogP contribution in [0.5, 0.6) is 0 Å². The van der Waals surface area contributed by atoms with E-state index in [0.717, 1.165) is 0 Å². The lowest BCUT2D eigenvalue weighted by Crippen LogP contribution is -2.33. The Bertz CT molecular complexity index is 406. The van der Waals surface area contributed by atoms with Crippen molar-refractivity contribution < 1.29 is 4.74 Å². The third-order valence-corrected chi connectivity index (χ3v) is 2.69. The maximum atomic E-state index is 12.0. The number of nitrogens with one attached hydrogen (secondary N) is 1. The van der Waals surface area contributed by atoms with E-state index in [9.17, 15) is 4.79 Å². The number of anilines is 1. The molecule has 96 valence electrons. The van der Waals surface area contributed by atoms with Gasteiger partial charge in [0.25, 0.3) is 5.56 Å². The normalized spacial score (nSPS) is 12.8. The minimum Gasteiger partial charge on any atom is -0.383 e. The summed E-state index contributed by atoms with van der Waals surface area (Å²) < 4.78 is 6.62. The summed E-state index contributed by atoms with van der Waals surface area (Å²) in [5, 5.41) is 2.99. The van der Waals surface area contributed by atoms with Gasteiger partial charge in [0.15, 0.2) is 5.82 Å². The first-order valence-corrected chi connectivity index (χ1v) is 6.02.